The van der Waals surface area contributed by atoms with Gasteiger partial charge in [0.25, 0.3) is 0 Å². The van der Waals surface area contributed by atoms with Gasteiger partial charge in [-0.05, 0) is 55.0 Å². The van der Waals surface area contributed by atoms with Crippen molar-refractivity contribution in [1.82, 2.24) is 15.2 Å². The normalized spacial score (nSPS) is 20.5. The summed E-state index contributed by atoms with van der Waals surface area (Å²) in [5.41, 5.74) is 1.95. The first-order valence-electron chi connectivity index (χ1n) is 12.5. The number of methoxy groups -OCH3 is 1. The van der Waals surface area contributed by atoms with Crippen LogP contribution in [0.25, 0.3) is 0 Å². The number of ether oxygens (including phenoxy) is 1. The second kappa shape index (κ2) is 11.4. The summed E-state index contributed by atoms with van der Waals surface area (Å²) in [6.07, 6.45) is 7.16. The highest BCUT2D eigenvalue weighted by atomic mass is 16.5. The molecule has 34 heavy (non-hydrogen) atoms. The Morgan fingerprint density at radius 1 is 1.15 bits per heavy atom. The number of carbonyl (C=O) groups excluding carboxylic acids is 2. The maximum Gasteiger partial charge on any atom is 0.225 e. The number of hydrogen-bond acceptors (Lipinski definition) is 5. The summed E-state index contributed by atoms with van der Waals surface area (Å²) in [4.78, 5) is 35.0. The van der Waals surface area contributed by atoms with Gasteiger partial charge in [0, 0.05) is 38.8 Å². The second-order valence-corrected chi connectivity index (χ2v) is 9.24. The van der Waals surface area contributed by atoms with Gasteiger partial charge in [-0.3, -0.25) is 9.59 Å². The van der Waals surface area contributed by atoms with Crippen molar-refractivity contribution in [2.45, 2.75) is 58.0 Å². The lowest BCUT2D eigenvalue weighted by Crippen LogP contribution is -2.48. The van der Waals surface area contributed by atoms with Crippen molar-refractivity contribution in [3.05, 3.63) is 53.7 Å². The predicted molar refractivity (Wildman–Crippen MR) is 133 cm³/mol. The first-order valence-corrected chi connectivity index (χ1v) is 12.5. The summed E-state index contributed by atoms with van der Waals surface area (Å²) < 4.78 is 5.30. The van der Waals surface area contributed by atoms with Gasteiger partial charge in [-0.1, -0.05) is 31.5 Å². The molecule has 1 N–H and O–H groups in total. The molecule has 7 nitrogen and oxygen atoms in total. The molecule has 2 amide bonds. The highest BCUT2D eigenvalue weighted by molar-refractivity contribution is 5.85. The van der Waals surface area contributed by atoms with Crippen molar-refractivity contribution in [1.29, 1.82) is 0 Å². The number of pyridine rings is 1. The van der Waals surface area contributed by atoms with E-state index < -0.39 is 0 Å². The van der Waals surface area contributed by atoms with Gasteiger partial charge >= 0.3 is 0 Å². The zero-order chi connectivity index (χ0) is 23.9. The van der Waals surface area contributed by atoms with Gasteiger partial charge in [-0.2, -0.15) is 0 Å². The number of unbranched alkanes of at least 4 members (excludes halogenated alkanes) is 1. The van der Waals surface area contributed by atoms with E-state index in [2.05, 4.69) is 22.1 Å². The molecule has 0 spiro atoms. The Kier molecular flexibility index (Phi) is 8.03. The van der Waals surface area contributed by atoms with E-state index in [-0.39, 0.29) is 23.8 Å². The number of rotatable bonds is 9. The molecule has 0 radical (unpaired) electrons. The van der Waals surface area contributed by atoms with Crippen LogP contribution in [0.3, 0.4) is 0 Å². The molecule has 0 aliphatic carbocycles. The highest BCUT2D eigenvalue weighted by Crippen LogP contribution is 2.37. The summed E-state index contributed by atoms with van der Waals surface area (Å²) in [7, 11) is 1.63. The van der Waals surface area contributed by atoms with E-state index in [1.54, 1.807) is 7.11 Å². The van der Waals surface area contributed by atoms with Crippen molar-refractivity contribution < 1.29 is 14.3 Å². The number of nitrogens with one attached hydrogen (secondary N) is 1. The van der Waals surface area contributed by atoms with Crippen molar-refractivity contribution in [2.24, 2.45) is 5.92 Å². The Morgan fingerprint density at radius 3 is 2.56 bits per heavy atom. The fourth-order valence-corrected chi connectivity index (χ4v) is 5.01. The Balaban J connectivity index is 1.47. The predicted octanol–water partition coefficient (Wildman–Crippen LogP) is 4.09. The van der Waals surface area contributed by atoms with Crippen LogP contribution in [-0.4, -0.2) is 48.4 Å². The maximum absolute atomic E-state index is 13.4. The maximum atomic E-state index is 13.4. The topological polar surface area (TPSA) is 74.8 Å². The first-order chi connectivity index (χ1) is 16.6. The van der Waals surface area contributed by atoms with Crippen LogP contribution >= 0.6 is 0 Å². The highest BCUT2D eigenvalue weighted by Gasteiger charge is 2.40. The SMILES string of the molecule is CCCCN1C(=O)CCC(C(=O)NCc2ccc(N3CCCC3)nc2)C1c1ccc(OC)cc1. The molecule has 4 rings (SSSR count). The van der Waals surface area contributed by atoms with Crippen molar-refractivity contribution in [2.75, 3.05) is 31.6 Å². The van der Waals surface area contributed by atoms with Crippen LogP contribution in [0.1, 0.15) is 62.6 Å². The van der Waals surface area contributed by atoms with Gasteiger partial charge in [0.1, 0.15) is 11.6 Å². The molecule has 182 valence electrons. The third-order valence-electron chi connectivity index (χ3n) is 6.96. The van der Waals surface area contributed by atoms with E-state index in [4.69, 9.17) is 4.74 Å². The van der Waals surface area contributed by atoms with E-state index in [1.807, 2.05) is 47.5 Å². The van der Waals surface area contributed by atoms with Crippen molar-refractivity contribution in [3.63, 3.8) is 0 Å². The molecule has 2 aromatic rings. The molecule has 0 bridgehead atoms. The third-order valence-corrected chi connectivity index (χ3v) is 6.96. The lowest BCUT2D eigenvalue weighted by Gasteiger charge is -2.41. The fraction of sp³-hybridized carbons (Fsp3) is 0.519. The molecule has 7 heteroatoms. The quantitative estimate of drug-likeness (QED) is 0.605. The first kappa shape index (κ1) is 24.0. The van der Waals surface area contributed by atoms with Gasteiger partial charge < -0.3 is 19.9 Å². The van der Waals surface area contributed by atoms with Crippen LogP contribution in [0.5, 0.6) is 5.75 Å². The van der Waals surface area contributed by atoms with Gasteiger partial charge in [-0.15, -0.1) is 0 Å². The number of hydrogen-bond donors (Lipinski definition) is 1. The van der Waals surface area contributed by atoms with Gasteiger partial charge in [0.2, 0.25) is 11.8 Å². The Labute approximate surface area is 202 Å². The minimum atomic E-state index is -0.292. The number of benzene rings is 1. The standard InChI is InChI=1S/C27H36N4O3/c1-3-4-17-31-25(32)14-12-23(26(31)21-8-10-22(34-2)11-9-21)27(33)29-19-20-7-13-24(28-18-20)30-15-5-6-16-30/h7-11,13,18,23,26H,3-6,12,14-17,19H2,1-2H3,(H,29,33). The van der Waals surface area contributed by atoms with E-state index >= 15 is 0 Å². The average molecular weight is 465 g/mol. The number of piperidine rings is 1. The van der Waals surface area contributed by atoms with E-state index in [0.29, 0.717) is 25.9 Å². The minimum Gasteiger partial charge on any atom is -0.497 e. The van der Waals surface area contributed by atoms with Crippen LogP contribution < -0.4 is 15.0 Å². The van der Waals surface area contributed by atoms with E-state index in [1.165, 1.54) is 12.8 Å². The summed E-state index contributed by atoms with van der Waals surface area (Å²) in [6.45, 7) is 5.33. The zero-order valence-corrected chi connectivity index (χ0v) is 20.3. The number of carbonyl (C=O) groups is 2. The number of anilines is 1. The number of likely N-dealkylation sites (tertiary alicyclic amines) is 1. The van der Waals surface area contributed by atoms with E-state index in [0.717, 1.165) is 48.6 Å². The number of aromatic nitrogens is 1. The average Bonchev–Trinajstić information content (AvgIpc) is 3.42. The third kappa shape index (κ3) is 5.51. The summed E-state index contributed by atoms with van der Waals surface area (Å²) in [5, 5.41) is 3.12. The molecule has 3 heterocycles. The molecule has 2 fully saturated rings. The van der Waals surface area contributed by atoms with E-state index in [9.17, 15) is 9.59 Å². The molecule has 1 aromatic heterocycles. The van der Waals surface area contributed by atoms with Gasteiger partial charge in [0.05, 0.1) is 19.1 Å². The van der Waals surface area contributed by atoms with Gasteiger partial charge in [0.15, 0.2) is 0 Å². The second-order valence-electron chi connectivity index (χ2n) is 9.24. The lowest BCUT2D eigenvalue weighted by atomic mass is 9.83. The molecule has 2 aliphatic heterocycles. The molecule has 2 unspecified atom stereocenters. The monoisotopic (exact) mass is 464 g/mol. The summed E-state index contributed by atoms with van der Waals surface area (Å²) in [6, 6.07) is 11.6. The van der Waals surface area contributed by atoms with Crippen LogP contribution in [0.4, 0.5) is 5.82 Å². The molecule has 2 atom stereocenters. The largest absolute Gasteiger partial charge is 0.497 e. The molecule has 2 aliphatic rings. The van der Waals surface area contributed by atoms with Crippen molar-refractivity contribution >= 4 is 17.6 Å². The van der Waals surface area contributed by atoms with Crippen LogP contribution in [0, 0.1) is 5.92 Å². The number of amides is 2. The van der Waals surface area contributed by atoms with Gasteiger partial charge in [-0.25, -0.2) is 4.98 Å². The lowest BCUT2D eigenvalue weighted by molar-refractivity contribution is -0.143. The van der Waals surface area contributed by atoms with Crippen LogP contribution in [-0.2, 0) is 16.1 Å². The Bertz CT molecular complexity index is 955. The van der Waals surface area contributed by atoms with Crippen LogP contribution in [0.15, 0.2) is 42.6 Å². The number of nitrogens with zero attached hydrogens (tertiary/aromatic N) is 3. The molecule has 1 aromatic carbocycles. The zero-order valence-electron chi connectivity index (χ0n) is 20.3. The Morgan fingerprint density at radius 2 is 1.91 bits per heavy atom. The minimum absolute atomic E-state index is 0.0153. The smallest absolute Gasteiger partial charge is 0.225 e. The molecular formula is C27H36N4O3. The summed E-state index contributed by atoms with van der Waals surface area (Å²) in [5.74, 6) is 1.58. The molecule has 2 saturated heterocycles. The molecule has 0 saturated carbocycles. The summed E-state index contributed by atoms with van der Waals surface area (Å²) >= 11 is 0. The van der Waals surface area contributed by atoms with Crippen molar-refractivity contribution in [3.8, 4) is 5.75 Å². The van der Waals surface area contributed by atoms with Crippen LogP contribution in [0.2, 0.25) is 0 Å². The molecular weight excluding hydrogens is 428 g/mol. The Hall–Kier alpha value is -3.09. The fourth-order valence-electron chi connectivity index (χ4n) is 5.01.